The molecule has 1 heterocycles. The number of aliphatic hydroxyl groups excluding tert-OH is 3. The first-order valence-electron chi connectivity index (χ1n) is 7.14. The van der Waals surface area contributed by atoms with E-state index < -0.39 is 23.2 Å². The molecule has 0 aromatic rings. The van der Waals surface area contributed by atoms with Crippen molar-refractivity contribution in [1.29, 1.82) is 0 Å². The minimum atomic E-state index is -1.03. The molecule has 3 rings (SSSR count). The lowest BCUT2D eigenvalue weighted by Crippen LogP contribution is -2.57. The molecule has 1 saturated carbocycles. The molecule has 0 unspecified atom stereocenters. The van der Waals surface area contributed by atoms with Crippen LogP contribution in [0.4, 0.5) is 0 Å². The molecule has 3 aliphatic rings. The molecule has 0 spiro atoms. The molecule has 0 amide bonds. The highest BCUT2D eigenvalue weighted by Gasteiger charge is 2.76. The SMILES string of the molecule is CC1=C[C@H]2O[C@]3(CO)[C@@H](O)C[C@@H](O)[C@]3(C)[C@@]2(C)CC1. The van der Waals surface area contributed by atoms with Gasteiger partial charge in [-0.05, 0) is 19.8 Å². The van der Waals surface area contributed by atoms with Crippen molar-refractivity contribution in [1.82, 2.24) is 0 Å². The summed E-state index contributed by atoms with van der Waals surface area (Å²) in [5.74, 6) is 0. The summed E-state index contributed by atoms with van der Waals surface area (Å²) in [4.78, 5) is 0. The monoisotopic (exact) mass is 268 g/mol. The van der Waals surface area contributed by atoms with E-state index in [-0.39, 0.29) is 24.5 Å². The fourth-order valence-corrected chi connectivity index (χ4v) is 4.71. The van der Waals surface area contributed by atoms with E-state index in [9.17, 15) is 15.3 Å². The number of aliphatic hydroxyl groups is 3. The molecule has 1 aliphatic heterocycles. The summed E-state index contributed by atoms with van der Waals surface area (Å²) in [6.45, 7) is 5.93. The van der Waals surface area contributed by atoms with Gasteiger partial charge < -0.3 is 20.1 Å². The summed E-state index contributed by atoms with van der Waals surface area (Å²) in [6, 6.07) is 0. The van der Waals surface area contributed by atoms with Crippen LogP contribution in [-0.2, 0) is 4.74 Å². The highest BCUT2D eigenvalue weighted by molar-refractivity contribution is 5.29. The van der Waals surface area contributed by atoms with Crippen molar-refractivity contribution < 1.29 is 20.1 Å². The van der Waals surface area contributed by atoms with Gasteiger partial charge in [0.25, 0.3) is 0 Å². The average molecular weight is 268 g/mol. The number of fused-ring (bicyclic) bond motifs is 3. The topological polar surface area (TPSA) is 69.9 Å². The van der Waals surface area contributed by atoms with Crippen LogP contribution in [0.2, 0.25) is 0 Å². The van der Waals surface area contributed by atoms with Gasteiger partial charge in [0.1, 0.15) is 5.60 Å². The second-order valence-corrected chi connectivity index (χ2v) is 6.99. The van der Waals surface area contributed by atoms with Gasteiger partial charge in [0.05, 0.1) is 24.9 Å². The lowest BCUT2D eigenvalue weighted by Gasteiger charge is -2.48. The molecule has 4 nitrogen and oxygen atoms in total. The lowest BCUT2D eigenvalue weighted by molar-refractivity contribution is -0.153. The Morgan fingerprint density at radius 3 is 2.63 bits per heavy atom. The third-order valence-electron chi connectivity index (χ3n) is 6.39. The van der Waals surface area contributed by atoms with Crippen LogP contribution in [0.3, 0.4) is 0 Å². The van der Waals surface area contributed by atoms with Gasteiger partial charge >= 0.3 is 0 Å². The normalized spacial score (nSPS) is 56.7. The van der Waals surface area contributed by atoms with Gasteiger partial charge in [-0.25, -0.2) is 0 Å². The maximum atomic E-state index is 10.5. The predicted octanol–water partition coefficient (Wildman–Crippen LogP) is 0.995. The summed E-state index contributed by atoms with van der Waals surface area (Å²) in [6.07, 6.45) is 2.69. The second kappa shape index (κ2) is 3.82. The van der Waals surface area contributed by atoms with E-state index in [1.807, 2.05) is 6.92 Å². The highest BCUT2D eigenvalue weighted by atomic mass is 16.5. The molecule has 4 heteroatoms. The average Bonchev–Trinajstić information content (AvgIpc) is 2.68. The van der Waals surface area contributed by atoms with Gasteiger partial charge in [-0.2, -0.15) is 0 Å². The van der Waals surface area contributed by atoms with E-state index in [1.54, 1.807) is 0 Å². The maximum absolute atomic E-state index is 10.5. The van der Waals surface area contributed by atoms with Crippen molar-refractivity contribution in [2.45, 2.75) is 63.9 Å². The van der Waals surface area contributed by atoms with Crippen molar-refractivity contribution in [2.75, 3.05) is 6.61 Å². The number of hydrogen-bond acceptors (Lipinski definition) is 4. The molecular weight excluding hydrogens is 244 g/mol. The zero-order valence-electron chi connectivity index (χ0n) is 11.9. The highest BCUT2D eigenvalue weighted by Crippen LogP contribution is 2.68. The Morgan fingerprint density at radius 1 is 1.32 bits per heavy atom. The van der Waals surface area contributed by atoms with E-state index in [0.29, 0.717) is 0 Å². The Labute approximate surface area is 114 Å². The fourth-order valence-electron chi connectivity index (χ4n) is 4.71. The van der Waals surface area contributed by atoms with Crippen LogP contribution in [0.1, 0.15) is 40.0 Å². The second-order valence-electron chi connectivity index (χ2n) is 6.99. The molecule has 0 radical (unpaired) electrons. The van der Waals surface area contributed by atoms with Gasteiger partial charge in [-0.15, -0.1) is 0 Å². The smallest absolute Gasteiger partial charge is 0.126 e. The molecular formula is C15H24O4. The lowest BCUT2D eigenvalue weighted by atomic mass is 9.54. The summed E-state index contributed by atoms with van der Waals surface area (Å²) < 4.78 is 6.15. The number of rotatable bonds is 1. The molecule has 0 aromatic carbocycles. The minimum absolute atomic E-state index is 0.136. The molecule has 1 saturated heterocycles. The molecule has 3 N–H and O–H groups in total. The van der Waals surface area contributed by atoms with Gasteiger partial charge in [-0.1, -0.05) is 25.5 Å². The first-order chi connectivity index (χ1) is 8.82. The summed E-state index contributed by atoms with van der Waals surface area (Å²) in [5, 5.41) is 30.8. The molecule has 6 atom stereocenters. The van der Waals surface area contributed by atoms with Crippen molar-refractivity contribution >= 4 is 0 Å². The zero-order valence-corrected chi connectivity index (χ0v) is 11.9. The summed E-state index contributed by atoms with van der Waals surface area (Å²) in [5.41, 5.74) is -0.613. The third kappa shape index (κ3) is 1.29. The Bertz CT molecular complexity index is 434. The van der Waals surface area contributed by atoms with Gasteiger partial charge in [-0.3, -0.25) is 0 Å². The van der Waals surface area contributed by atoms with E-state index in [2.05, 4.69) is 19.9 Å². The minimum Gasteiger partial charge on any atom is -0.393 e. The van der Waals surface area contributed by atoms with Crippen molar-refractivity contribution in [3.8, 4) is 0 Å². The van der Waals surface area contributed by atoms with E-state index in [1.165, 1.54) is 5.57 Å². The van der Waals surface area contributed by atoms with Crippen LogP contribution >= 0.6 is 0 Å². The van der Waals surface area contributed by atoms with Crippen molar-refractivity contribution in [3.63, 3.8) is 0 Å². The Kier molecular flexibility index (Phi) is 2.72. The van der Waals surface area contributed by atoms with E-state index in [4.69, 9.17) is 4.74 Å². The van der Waals surface area contributed by atoms with Crippen LogP contribution in [0.25, 0.3) is 0 Å². The molecule has 19 heavy (non-hydrogen) atoms. The largest absolute Gasteiger partial charge is 0.393 e. The first kappa shape index (κ1) is 13.6. The summed E-state index contributed by atoms with van der Waals surface area (Å²) in [7, 11) is 0. The van der Waals surface area contributed by atoms with Gasteiger partial charge in [0.2, 0.25) is 0 Å². The standard InChI is InChI=1S/C15H24O4/c1-9-4-5-13(2)12(6-9)19-15(8-16)11(18)7-10(17)14(13,15)3/h6,10-12,16-18H,4-5,7-8H2,1-3H3/t10-,11+,12-,13+,14-,15-/m1/s1. The first-order valence-corrected chi connectivity index (χ1v) is 7.14. The van der Waals surface area contributed by atoms with Gasteiger partial charge in [0.15, 0.2) is 0 Å². The third-order valence-corrected chi connectivity index (χ3v) is 6.39. The number of allylic oxidation sites excluding steroid dienone is 1. The summed E-state index contributed by atoms with van der Waals surface area (Å²) >= 11 is 0. The quantitative estimate of drug-likeness (QED) is 0.620. The van der Waals surface area contributed by atoms with E-state index >= 15 is 0 Å². The van der Waals surface area contributed by atoms with Crippen molar-refractivity contribution in [3.05, 3.63) is 11.6 Å². The van der Waals surface area contributed by atoms with Crippen molar-refractivity contribution in [2.24, 2.45) is 10.8 Å². The predicted molar refractivity (Wildman–Crippen MR) is 70.5 cm³/mol. The Morgan fingerprint density at radius 2 is 2.00 bits per heavy atom. The zero-order chi connectivity index (χ0) is 14.1. The maximum Gasteiger partial charge on any atom is 0.126 e. The molecule has 2 aliphatic carbocycles. The molecule has 108 valence electrons. The van der Waals surface area contributed by atoms with Crippen LogP contribution in [0, 0.1) is 10.8 Å². The molecule has 2 fully saturated rings. The van der Waals surface area contributed by atoms with E-state index in [0.717, 1.165) is 12.8 Å². The molecule has 0 bridgehead atoms. The van der Waals surface area contributed by atoms with Gasteiger partial charge in [0, 0.05) is 17.3 Å². The van der Waals surface area contributed by atoms with Crippen LogP contribution < -0.4 is 0 Å². The van der Waals surface area contributed by atoms with Crippen LogP contribution in [-0.4, -0.2) is 45.8 Å². The van der Waals surface area contributed by atoms with Crippen LogP contribution in [0.5, 0.6) is 0 Å². The molecule has 0 aromatic heterocycles. The number of ether oxygens (including phenoxy) is 1. The number of hydrogen-bond donors (Lipinski definition) is 3. The van der Waals surface area contributed by atoms with Crippen LogP contribution in [0.15, 0.2) is 11.6 Å². The Hall–Kier alpha value is -0.420. The fraction of sp³-hybridized carbons (Fsp3) is 0.867. The Balaban J connectivity index is 2.16.